The molecule has 2 aromatic carbocycles. The maximum atomic E-state index is 8.86. The lowest BCUT2D eigenvalue weighted by atomic mass is 10.1. The van der Waals surface area contributed by atoms with Crippen LogP contribution in [0.3, 0.4) is 0 Å². The Bertz CT molecular complexity index is 629. The van der Waals surface area contributed by atoms with Crippen LogP contribution in [0.2, 0.25) is 0 Å². The number of rotatable bonds is 8. The smallest absolute Gasteiger partial charge is 0.207 e. The van der Waals surface area contributed by atoms with Gasteiger partial charge in [-0.1, -0.05) is 28.1 Å². The maximum absolute atomic E-state index is 8.86. The van der Waals surface area contributed by atoms with E-state index in [0.717, 1.165) is 22.0 Å². The Balaban J connectivity index is 1.88. The molecule has 2 rings (SSSR count). The van der Waals surface area contributed by atoms with E-state index in [1.54, 1.807) is 24.3 Å². The average Bonchev–Trinajstić information content (AvgIpc) is 2.59. The van der Waals surface area contributed by atoms with Crippen molar-refractivity contribution in [1.29, 1.82) is 0 Å². The lowest BCUT2D eigenvalue weighted by Gasteiger charge is -2.11. The summed E-state index contributed by atoms with van der Waals surface area (Å²) in [5, 5.41) is 17.4. The van der Waals surface area contributed by atoms with Crippen LogP contribution < -0.4 is 14.5 Å². The third-order valence-electron chi connectivity index (χ3n) is 3.25. The largest absolute Gasteiger partial charge is 0.493 e. The summed E-state index contributed by atoms with van der Waals surface area (Å²) in [4.78, 5) is 8.42. The molecule has 0 fully saturated rings. The Morgan fingerprint density at radius 1 is 1.00 bits per heavy atom. The number of benzene rings is 2. The molecule has 0 aliphatic rings. The fourth-order valence-electron chi connectivity index (χ4n) is 2.01. The molecule has 0 amide bonds. The van der Waals surface area contributed by atoms with Crippen LogP contribution in [0, 0.1) is 0 Å². The van der Waals surface area contributed by atoms with E-state index < -0.39 is 0 Å². The van der Waals surface area contributed by atoms with E-state index in [1.807, 2.05) is 12.1 Å². The highest BCUT2D eigenvalue weighted by atomic mass is 79.9. The molecule has 0 aliphatic carbocycles. The number of halogens is 1. The van der Waals surface area contributed by atoms with Crippen molar-refractivity contribution in [2.45, 2.75) is 13.0 Å². The van der Waals surface area contributed by atoms with E-state index in [-0.39, 0.29) is 5.75 Å². The monoisotopic (exact) mass is 384 g/mol. The van der Waals surface area contributed by atoms with Gasteiger partial charge in [0.2, 0.25) is 5.75 Å². The molecular formula is C16H17BrO6. The lowest BCUT2D eigenvalue weighted by Crippen LogP contribution is -2.01. The minimum Gasteiger partial charge on any atom is -0.493 e. The molecule has 23 heavy (non-hydrogen) atoms. The van der Waals surface area contributed by atoms with Crippen molar-refractivity contribution in [2.75, 3.05) is 13.7 Å². The van der Waals surface area contributed by atoms with Crippen LogP contribution in [-0.2, 0) is 17.8 Å². The van der Waals surface area contributed by atoms with Crippen molar-refractivity contribution in [3.63, 3.8) is 0 Å². The van der Waals surface area contributed by atoms with Crippen LogP contribution in [0.25, 0.3) is 0 Å². The second-order valence-electron chi connectivity index (χ2n) is 4.72. The van der Waals surface area contributed by atoms with Crippen molar-refractivity contribution in [3.8, 4) is 17.2 Å². The molecule has 0 aliphatic heterocycles. The molecule has 0 atom stereocenters. The molecule has 0 spiro atoms. The summed E-state index contributed by atoms with van der Waals surface area (Å²) in [5.41, 5.74) is 1.90. The van der Waals surface area contributed by atoms with E-state index in [4.69, 9.17) is 20.0 Å². The molecule has 2 N–H and O–H groups in total. The Morgan fingerprint density at radius 2 is 1.74 bits per heavy atom. The number of methoxy groups -OCH3 is 1. The van der Waals surface area contributed by atoms with Gasteiger partial charge in [-0.2, -0.15) is 0 Å². The SMILES string of the molecule is COc1cc(Br)c(COCCc2ccc(OO)cc2)cc1OO. The van der Waals surface area contributed by atoms with Crippen molar-refractivity contribution in [3.05, 3.63) is 52.0 Å². The second kappa shape index (κ2) is 8.73. The number of ether oxygens (including phenoxy) is 2. The van der Waals surface area contributed by atoms with E-state index in [0.29, 0.717) is 24.7 Å². The third kappa shape index (κ3) is 4.84. The molecule has 0 saturated carbocycles. The van der Waals surface area contributed by atoms with Crippen LogP contribution in [0.4, 0.5) is 0 Å². The summed E-state index contributed by atoms with van der Waals surface area (Å²) in [6, 6.07) is 10.4. The number of hydrogen-bond donors (Lipinski definition) is 2. The fourth-order valence-corrected chi connectivity index (χ4v) is 2.44. The normalized spacial score (nSPS) is 10.4. The quantitative estimate of drug-likeness (QED) is 0.408. The van der Waals surface area contributed by atoms with Gasteiger partial charge in [0.15, 0.2) is 11.5 Å². The number of hydrogen-bond acceptors (Lipinski definition) is 6. The molecule has 0 bridgehead atoms. The van der Waals surface area contributed by atoms with E-state index >= 15 is 0 Å². The first-order valence-electron chi connectivity index (χ1n) is 6.84. The summed E-state index contributed by atoms with van der Waals surface area (Å²) in [5.74, 6) is 1.05. The standard InChI is InChI=1S/C16H17BrO6/c1-20-15-9-14(17)12(8-16(15)23-19)10-21-7-6-11-2-4-13(22-18)5-3-11/h2-5,8-9,18-19H,6-7,10H2,1H3. The van der Waals surface area contributed by atoms with E-state index in [2.05, 4.69) is 25.7 Å². The molecule has 0 heterocycles. The van der Waals surface area contributed by atoms with Crippen LogP contribution in [-0.4, -0.2) is 24.2 Å². The molecule has 6 nitrogen and oxygen atoms in total. The van der Waals surface area contributed by atoms with Gasteiger partial charge < -0.3 is 19.2 Å². The van der Waals surface area contributed by atoms with Gasteiger partial charge in [-0.15, -0.1) is 0 Å². The zero-order chi connectivity index (χ0) is 16.7. The first kappa shape index (κ1) is 17.6. The predicted octanol–water partition coefficient (Wildman–Crippen LogP) is 3.92. The van der Waals surface area contributed by atoms with Crippen LogP contribution in [0.15, 0.2) is 40.9 Å². The zero-order valence-electron chi connectivity index (χ0n) is 12.5. The highest BCUT2D eigenvalue weighted by Crippen LogP contribution is 2.33. The van der Waals surface area contributed by atoms with Crippen molar-refractivity contribution >= 4 is 15.9 Å². The van der Waals surface area contributed by atoms with Gasteiger partial charge in [0, 0.05) is 4.47 Å². The minimum absolute atomic E-state index is 0.230. The molecule has 0 unspecified atom stereocenters. The van der Waals surface area contributed by atoms with E-state index in [9.17, 15) is 0 Å². The Hall–Kier alpha value is -1.80. The summed E-state index contributed by atoms with van der Waals surface area (Å²) in [6.45, 7) is 0.881. The molecule has 0 aromatic heterocycles. The van der Waals surface area contributed by atoms with Crippen molar-refractivity contribution < 1.29 is 29.8 Å². The summed E-state index contributed by atoms with van der Waals surface area (Å²) in [7, 11) is 1.49. The van der Waals surface area contributed by atoms with Gasteiger partial charge in [0.25, 0.3) is 0 Å². The molecule has 0 radical (unpaired) electrons. The zero-order valence-corrected chi connectivity index (χ0v) is 14.1. The van der Waals surface area contributed by atoms with Gasteiger partial charge in [-0.05, 0) is 41.8 Å². The summed E-state index contributed by atoms with van der Waals surface area (Å²) < 4.78 is 11.5. The lowest BCUT2D eigenvalue weighted by molar-refractivity contribution is -0.139. The van der Waals surface area contributed by atoms with Crippen LogP contribution in [0.5, 0.6) is 17.2 Å². The van der Waals surface area contributed by atoms with E-state index in [1.165, 1.54) is 7.11 Å². The average molecular weight is 385 g/mol. The Kier molecular flexibility index (Phi) is 6.66. The third-order valence-corrected chi connectivity index (χ3v) is 3.99. The van der Waals surface area contributed by atoms with Crippen molar-refractivity contribution in [1.82, 2.24) is 0 Å². The summed E-state index contributed by atoms with van der Waals surface area (Å²) in [6.07, 6.45) is 0.725. The predicted molar refractivity (Wildman–Crippen MR) is 87.0 cm³/mol. The Morgan fingerprint density at radius 3 is 2.35 bits per heavy atom. The van der Waals surface area contributed by atoms with Gasteiger partial charge >= 0.3 is 0 Å². The van der Waals surface area contributed by atoms with Gasteiger partial charge in [0.05, 0.1) is 20.3 Å². The summed E-state index contributed by atoms with van der Waals surface area (Å²) >= 11 is 3.43. The first-order valence-corrected chi connectivity index (χ1v) is 7.63. The first-order chi connectivity index (χ1) is 11.2. The Labute approximate surface area is 142 Å². The molecule has 2 aromatic rings. The van der Waals surface area contributed by atoms with Crippen LogP contribution >= 0.6 is 15.9 Å². The highest BCUT2D eigenvalue weighted by molar-refractivity contribution is 9.10. The van der Waals surface area contributed by atoms with Gasteiger partial charge in [0.1, 0.15) is 0 Å². The molecular weight excluding hydrogens is 368 g/mol. The minimum atomic E-state index is 0.230. The molecule has 124 valence electrons. The molecule has 7 heteroatoms. The van der Waals surface area contributed by atoms with Gasteiger partial charge in [-0.25, -0.2) is 10.5 Å². The van der Waals surface area contributed by atoms with Crippen molar-refractivity contribution in [2.24, 2.45) is 0 Å². The highest BCUT2D eigenvalue weighted by Gasteiger charge is 2.10. The topological polar surface area (TPSA) is 77.4 Å². The van der Waals surface area contributed by atoms with Gasteiger partial charge in [-0.3, -0.25) is 0 Å². The molecule has 0 saturated heterocycles. The van der Waals surface area contributed by atoms with Crippen LogP contribution in [0.1, 0.15) is 11.1 Å². The second-order valence-corrected chi connectivity index (χ2v) is 5.58. The maximum Gasteiger partial charge on any atom is 0.207 e. The fraction of sp³-hybridized carbons (Fsp3) is 0.250.